The topological polar surface area (TPSA) is 138 Å². The molecule has 0 saturated heterocycles. The van der Waals surface area contributed by atoms with Crippen molar-refractivity contribution >= 4 is 23.4 Å². The average Bonchev–Trinajstić information content (AvgIpc) is 3.30. The van der Waals surface area contributed by atoms with Crippen LogP contribution in [0, 0.1) is 11.3 Å². The van der Waals surface area contributed by atoms with E-state index in [1.54, 1.807) is 25.2 Å². The number of likely N-dealkylation sites (N-methyl/N-ethyl adjacent to an activating group) is 1. The summed E-state index contributed by atoms with van der Waals surface area (Å²) in [6.45, 7) is 0.130. The van der Waals surface area contributed by atoms with Gasteiger partial charge in [-0.1, -0.05) is 35.5 Å². The molecule has 2 N–H and O–H groups in total. The molecule has 1 aromatic heterocycles. The number of ether oxygens (including phenoxy) is 1. The summed E-state index contributed by atoms with van der Waals surface area (Å²) in [5, 5.41) is 17.7. The number of rotatable bonds is 7. The van der Waals surface area contributed by atoms with Crippen molar-refractivity contribution < 1.29 is 23.6 Å². The van der Waals surface area contributed by atoms with Crippen molar-refractivity contribution in [1.82, 2.24) is 15.8 Å². The van der Waals surface area contributed by atoms with Crippen molar-refractivity contribution in [3.63, 3.8) is 0 Å². The van der Waals surface area contributed by atoms with Crippen LogP contribution in [0.15, 0.2) is 59.1 Å². The first-order valence-electron chi connectivity index (χ1n) is 11.0. The Kier molecular flexibility index (Phi) is 7.07. The number of hydrogen-bond acceptors (Lipinski definition) is 7. The van der Waals surface area contributed by atoms with Gasteiger partial charge in [0.1, 0.15) is 24.2 Å². The van der Waals surface area contributed by atoms with Crippen molar-refractivity contribution in [2.24, 2.45) is 0 Å². The van der Waals surface area contributed by atoms with Gasteiger partial charge < -0.3 is 24.8 Å². The second-order valence-corrected chi connectivity index (χ2v) is 7.92. The van der Waals surface area contributed by atoms with E-state index < -0.39 is 17.9 Å². The number of benzene rings is 2. The zero-order chi connectivity index (χ0) is 24.8. The highest BCUT2D eigenvalue weighted by Crippen LogP contribution is 2.31. The third-order valence-electron chi connectivity index (χ3n) is 5.46. The summed E-state index contributed by atoms with van der Waals surface area (Å²) in [4.78, 5) is 39.5. The minimum absolute atomic E-state index is 0.0597. The van der Waals surface area contributed by atoms with Gasteiger partial charge in [-0.15, -0.1) is 0 Å². The van der Waals surface area contributed by atoms with Crippen LogP contribution in [0.2, 0.25) is 0 Å². The van der Waals surface area contributed by atoms with Crippen LogP contribution in [0.5, 0.6) is 5.75 Å². The Labute approximate surface area is 201 Å². The summed E-state index contributed by atoms with van der Waals surface area (Å²) in [5.74, 6) is -0.415. The molecule has 0 saturated carbocycles. The number of nitrogens with one attached hydrogen (secondary N) is 2. The van der Waals surface area contributed by atoms with Crippen molar-refractivity contribution in [3.05, 3.63) is 77.2 Å². The minimum atomic E-state index is -0.970. The molecule has 1 aliphatic rings. The highest BCUT2D eigenvalue weighted by Gasteiger charge is 2.32. The fourth-order valence-corrected chi connectivity index (χ4v) is 3.61. The maximum absolute atomic E-state index is 13.1. The van der Waals surface area contributed by atoms with Crippen molar-refractivity contribution in [3.8, 4) is 11.8 Å². The van der Waals surface area contributed by atoms with Gasteiger partial charge in [-0.3, -0.25) is 14.4 Å². The van der Waals surface area contributed by atoms with E-state index in [2.05, 4.69) is 15.8 Å². The Balaban J connectivity index is 1.43. The molecule has 3 amide bonds. The molecule has 0 radical (unpaired) electrons. The summed E-state index contributed by atoms with van der Waals surface area (Å²) < 4.78 is 11.0. The fourth-order valence-electron chi connectivity index (χ4n) is 3.61. The average molecular weight is 473 g/mol. The van der Waals surface area contributed by atoms with Crippen molar-refractivity contribution in [2.45, 2.75) is 18.9 Å². The number of amides is 3. The molecular formula is C25H23N5O5. The number of hydrogen-bond donors (Lipinski definition) is 2. The lowest BCUT2D eigenvalue weighted by Gasteiger charge is -2.20. The summed E-state index contributed by atoms with van der Waals surface area (Å²) in [6, 6.07) is 16.9. The molecule has 0 bridgehead atoms. The predicted octanol–water partition coefficient (Wildman–Crippen LogP) is 2.06. The van der Waals surface area contributed by atoms with Crippen LogP contribution in [0.3, 0.4) is 0 Å². The van der Waals surface area contributed by atoms with Gasteiger partial charge in [-0.2, -0.15) is 5.26 Å². The molecule has 0 aliphatic carbocycles. The number of nitriles is 1. The first-order valence-corrected chi connectivity index (χ1v) is 11.0. The number of carbonyl (C=O) groups excluding carboxylic acids is 3. The predicted molar refractivity (Wildman–Crippen MR) is 125 cm³/mol. The van der Waals surface area contributed by atoms with Crippen LogP contribution in [-0.2, 0) is 11.2 Å². The van der Waals surface area contributed by atoms with E-state index in [1.807, 2.05) is 36.4 Å². The van der Waals surface area contributed by atoms with Gasteiger partial charge in [0.2, 0.25) is 0 Å². The number of carbonyl (C=O) groups is 3. The highest BCUT2D eigenvalue weighted by atomic mass is 16.5. The number of anilines is 1. The third-order valence-corrected chi connectivity index (χ3v) is 5.46. The van der Waals surface area contributed by atoms with E-state index in [0.717, 1.165) is 5.56 Å². The number of aromatic nitrogens is 1. The Bertz CT molecular complexity index is 1280. The van der Waals surface area contributed by atoms with Crippen LogP contribution in [0.1, 0.15) is 38.6 Å². The molecule has 2 aromatic carbocycles. The van der Waals surface area contributed by atoms with E-state index in [0.29, 0.717) is 29.2 Å². The lowest BCUT2D eigenvalue weighted by atomic mass is 10.1. The van der Waals surface area contributed by atoms with E-state index in [9.17, 15) is 14.4 Å². The quantitative estimate of drug-likeness (QED) is 0.501. The van der Waals surface area contributed by atoms with Crippen LogP contribution in [-0.4, -0.2) is 49.1 Å². The summed E-state index contributed by atoms with van der Waals surface area (Å²) in [5.41, 5.74) is 1.79. The minimum Gasteiger partial charge on any atom is -0.489 e. The SMILES string of the molecule is CN1C(=O)C(NC(=O)c2cc(Cc3ccccc3)on2)COc2ccc(C(=O)NCCC#N)cc21. The molecule has 10 nitrogen and oxygen atoms in total. The standard InChI is InChI=1S/C25H23N5O5/c1-30-21-13-17(23(31)27-11-5-10-26)8-9-22(21)34-15-20(25(30)33)28-24(32)19-14-18(35-29-19)12-16-6-3-2-4-7-16/h2-4,6-9,13-14,20H,5,11-12,15H2,1H3,(H,27,31)(H,28,32). The van der Waals surface area contributed by atoms with Crippen LogP contribution < -0.4 is 20.3 Å². The molecule has 4 rings (SSSR count). The lowest BCUT2D eigenvalue weighted by molar-refractivity contribution is -0.120. The maximum Gasteiger partial charge on any atom is 0.274 e. The first kappa shape index (κ1) is 23.5. The van der Waals surface area contributed by atoms with Gasteiger partial charge in [0.05, 0.1) is 18.2 Å². The van der Waals surface area contributed by atoms with E-state index >= 15 is 0 Å². The van der Waals surface area contributed by atoms with Gasteiger partial charge in [-0.25, -0.2) is 0 Å². The van der Waals surface area contributed by atoms with Crippen molar-refractivity contribution in [2.75, 3.05) is 25.1 Å². The molecule has 178 valence electrons. The van der Waals surface area contributed by atoms with Crippen LogP contribution >= 0.6 is 0 Å². The Morgan fingerprint density at radius 2 is 1.97 bits per heavy atom. The molecule has 2 heterocycles. The van der Waals surface area contributed by atoms with Gasteiger partial charge >= 0.3 is 0 Å². The normalized spacial score (nSPS) is 14.8. The van der Waals surface area contributed by atoms with Crippen LogP contribution in [0.25, 0.3) is 0 Å². The monoisotopic (exact) mass is 473 g/mol. The zero-order valence-electron chi connectivity index (χ0n) is 19.0. The molecule has 10 heteroatoms. The molecule has 0 fully saturated rings. The summed E-state index contributed by atoms with van der Waals surface area (Å²) >= 11 is 0. The Hall–Kier alpha value is -4.65. The molecule has 0 spiro atoms. The van der Waals surface area contributed by atoms with Crippen molar-refractivity contribution in [1.29, 1.82) is 5.26 Å². The van der Waals surface area contributed by atoms with Crippen LogP contribution in [0.4, 0.5) is 5.69 Å². The molecule has 1 aliphatic heterocycles. The molecule has 3 aromatic rings. The maximum atomic E-state index is 13.1. The zero-order valence-corrected chi connectivity index (χ0v) is 19.0. The van der Waals surface area contributed by atoms with Gasteiger partial charge in [0, 0.05) is 31.6 Å². The number of nitrogens with zero attached hydrogens (tertiary/aromatic N) is 3. The Morgan fingerprint density at radius 1 is 1.17 bits per heavy atom. The molecule has 1 unspecified atom stereocenters. The lowest BCUT2D eigenvalue weighted by Crippen LogP contribution is -2.49. The Morgan fingerprint density at radius 3 is 2.74 bits per heavy atom. The van der Waals surface area contributed by atoms with E-state index in [-0.39, 0.29) is 31.2 Å². The molecule has 35 heavy (non-hydrogen) atoms. The summed E-state index contributed by atoms with van der Waals surface area (Å²) in [6.07, 6.45) is 0.676. The molecular weight excluding hydrogens is 450 g/mol. The fraction of sp³-hybridized carbons (Fsp3) is 0.240. The van der Waals surface area contributed by atoms with Gasteiger partial charge in [0.15, 0.2) is 5.69 Å². The summed E-state index contributed by atoms with van der Waals surface area (Å²) in [7, 11) is 1.54. The number of fused-ring (bicyclic) bond motifs is 1. The smallest absolute Gasteiger partial charge is 0.274 e. The van der Waals surface area contributed by atoms with Gasteiger partial charge in [-0.05, 0) is 23.8 Å². The van der Waals surface area contributed by atoms with E-state index in [1.165, 1.54) is 11.0 Å². The second kappa shape index (κ2) is 10.5. The highest BCUT2D eigenvalue weighted by molar-refractivity contribution is 6.04. The largest absolute Gasteiger partial charge is 0.489 e. The third kappa shape index (κ3) is 5.47. The molecule has 1 atom stereocenters. The second-order valence-electron chi connectivity index (χ2n) is 7.92. The van der Waals surface area contributed by atoms with E-state index in [4.69, 9.17) is 14.5 Å². The van der Waals surface area contributed by atoms with Gasteiger partial charge in [0.25, 0.3) is 17.7 Å². The first-order chi connectivity index (χ1) is 17.0.